The Balaban J connectivity index is 2.42. The maximum atomic E-state index is 11.2. The second-order valence-electron chi connectivity index (χ2n) is 4.44. The summed E-state index contributed by atoms with van der Waals surface area (Å²) in [4.78, 5) is 15.4. The molecule has 1 aromatic heterocycles. The maximum Gasteiger partial charge on any atom is 0.337 e. The van der Waals surface area contributed by atoms with Crippen LogP contribution in [0.25, 0.3) is 11.0 Å². The molecule has 0 radical (unpaired) electrons. The van der Waals surface area contributed by atoms with E-state index in [4.69, 9.17) is 4.74 Å². The molecule has 0 fully saturated rings. The molecule has 1 aromatic carbocycles. The van der Waals surface area contributed by atoms with E-state index >= 15 is 0 Å². The van der Waals surface area contributed by atoms with Gasteiger partial charge in [0.05, 0.1) is 29.5 Å². The number of nitrogens with zero attached hydrogens (tertiary/aromatic N) is 2. The maximum absolute atomic E-state index is 11.2. The number of rotatable bonds is 5. The van der Waals surface area contributed by atoms with Crippen molar-refractivity contribution in [2.75, 3.05) is 13.7 Å². The number of para-hydroxylation sites is 1. The molecule has 0 saturated heterocycles. The quantitative estimate of drug-likeness (QED) is 0.879. The van der Waals surface area contributed by atoms with Crippen molar-refractivity contribution in [3.05, 3.63) is 30.1 Å². The molecule has 0 aliphatic rings. The van der Waals surface area contributed by atoms with Crippen molar-refractivity contribution in [2.45, 2.75) is 13.5 Å². The number of benzene rings is 1. The van der Waals surface area contributed by atoms with Crippen molar-refractivity contribution >= 4 is 17.0 Å². The van der Waals surface area contributed by atoms with Crippen molar-refractivity contribution < 1.29 is 14.6 Å². The fourth-order valence-corrected chi connectivity index (χ4v) is 2.11. The number of aromatic carboxylic acids is 1. The Morgan fingerprint density at radius 1 is 1.56 bits per heavy atom. The molecule has 0 saturated carbocycles. The topological polar surface area (TPSA) is 64.4 Å². The number of hydrogen-bond donors (Lipinski definition) is 1. The van der Waals surface area contributed by atoms with E-state index in [9.17, 15) is 9.90 Å². The summed E-state index contributed by atoms with van der Waals surface area (Å²) >= 11 is 0. The number of aromatic nitrogens is 2. The van der Waals surface area contributed by atoms with Gasteiger partial charge in [-0.3, -0.25) is 0 Å². The Kier molecular flexibility index (Phi) is 3.62. The highest BCUT2D eigenvalue weighted by molar-refractivity contribution is 6.01. The molecule has 2 rings (SSSR count). The molecule has 0 bridgehead atoms. The van der Waals surface area contributed by atoms with E-state index in [1.807, 2.05) is 10.6 Å². The summed E-state index contributed by atoms with van der Waals surface area (Å²) in [5.74, 6) is -0.629. The van der Waals surface area contributed by atoms with Crippen molar-refractivity contribution in [2.24, 2.45) is 5.92 Å². The Labute approximate surface area is 105 Å². The first-order valence-corrected chi connectivity index (χ1v) is 5.79. The predicted molar refractivity (Wildman–Crippen MR) is 67.7 cm³/mol. The zero-order valence-corrected chi connectivity index (χ0v) is 10.5. The minimum Gasteiger partial charge on any atom is -0.478 e. The fourth-order valence-electron chi connectivity index (χ4n) is 2.11. The SMILES string of the molecule is COCC(C)Cn1cnc2cccc(C(=O)O)c21. The van der Waals surface area contributed by atoms with Crippen LogP contribution in [-0.2, 0) is 11.3 Å². The molecule has 96 valence electrons. The minimum absolute atomic E-state index is 0.287. The number of carbonyl (C=O) groups is 1. The van der Waals surface area contributed by atoms with E-state index < -0.39 is 5.97 Å². The molecule has 0 spiro atoms. The average molecular weight is 248 g/mol. The monoisotopic (exact) mass is 248 g/mol. The number of imidazole rings is 1. The van der Waals surface area contributed by atoms with Crippen LogP contribution in [0.5, 0.6) is 0 Å². The van der Waals surface area contributed by atoms with Crippen LogP contribution in [0, 0.1) is 5.92 Å². The molecule has 1 heterocycles. The largest absolute Gasteiger partial charge is 0.478 e. The highest BCUT2D eigenvalue weighted by Gasteiger charge is 2.14. The van der Waals surface area contributed by atoms with Crippen LogP contribution in [0.3, 0.4) is 0 Å². The summed E-state index contributed by atoms with van der Waals surface area (Å²) in [7, 11) is 1.66. The van der Waals surface area contributed by atoms with Gasteiger partial charge in [-0.1, -0.05) is 13.0 Å². The highest BCUT2D eigenvalue weighted by Crippen LogP contribution is 2.19. The van der Waals surface area contributed by atoms with Gasteiger partial charge in [0.1, 0.15) is 0 Å². The lowest BCUT2D eigenvalue weighted by Crippen LogP contribution is -2.13. The minimum atomic E-state index is -0.929. The van der Waals surface area contributed by atoms with Gasteiger partial charge in [0.15, 0.2) is 0 Å². The van der Waals surface area contributed by atoms with Gasteiger partial charge in [-0.2, -0.15) is 0 Å². The molecule has 1 atom stereocenters. The standard InChI is InChI=1S/C13H16N2O3/c1-9(7-18-2)6-15-8-14-11-5-3-4-10(12(11)15)13(16)17/h3-5,8-9H,6-7H2,1-2H3,(H,16,17). The predicted octanol–water partition coefficient (Wildman–Crippen LogP) is 2.02. The Hall–Kier alpha value is -1.88. The van der Waals surface area contributed by atoms with Crippen LogP contribution in [0.4, 0.5) is 0 Å². The molecule has 0 amide bonds. The highest BCUT2D eigenvalue weighted by atomic mass is 16.5. The van der Waals surface area contributed by atoms with E-state index in [2.05, 4.69) is 11.9 Å². The normalized spacial score (nSPS) is 12.8. The lowest BCUT2D eigenvalue weighted by Gasteiger charge is -2.12. The van der Waals surface area contributed by atoms with E-state index in [1.165, 1.54) is 0 Å². The number of hydrogen-bond acceptors (Lipinski definition) is 3. The first-order chi connectivity index (χ1) is 8.63. The van der Waals surface area contributed by atoms with Crippen LogP contribution in [0.1, 0.15) is 17.3 Å². The van der Waals surface area contributed by atoms with Crippen LogP contribution >= 0.6 is 0 Å². The lowest BCUT2D eigenvalue weighted by atomic mass is 10.1. The third-order valence-corrected chi connectivity index (χ3v) is 2.83. The zero-order chi connectivity index (χ0) is 13.1. The van der Waals surface area contributed by atoms with Gasteiger partial charge < -0.3 is 14.4 Å². The number of carboxylic acids is 1. The van der Waals surface area contributed by atoms with Gasteiger partial charge in [0, 0.05) is 13.7 Å². The summed E-state index contributed by atoms with van der Waals surface area (Å²) in [6.45, 7) is 3.38. The van der Waals surface area contributed by atoms with Crippen molar-refractivity contribution in [1.29, 1.82) is 0 Å². The van der Waals surface area contributed by atoms with Gasteiger partial charge >= 0.3 is 5.97 Å². The molecule has 1 N–H and O–H groups in total. The average Bonchev–Trinajstić information content (AvgIpc) is 2.72. The Morgan fingerprint density at radius 3 is 3.00 bits per heavy atom. The first kappa shape index (κ1) is 12.6. The van der Waals surface area contributed by atoms with Crippen molar-refractivity contribution in [3.63, 3.8) is 0 Å². The molecule has 5 heteroatoms. The van der Waals surface area contributed by atoms with Crippen LogP contribution in [0.2, 0.25) is 0 Å². The van der Waals surface area contributed by atoms with Gasteiger partial charge in [0.25, 0.3) is 0 Å². The second kappa shape index (κ2) is 5.18. The number of methoxy groups -OCH3 is 1. The fraction of sp³-hybridized carbons (Fsp3) is 0.385. The van der Waals surface area contributed by atoms with Gasteiger partial charge in [-0.05, 0) is 18.1 Å². The summed E-state index contributed by atoms with van der Waals surface area (Å²) in [5.41, 5.74) is 1.67. The molecular weight excluding hydrogens is 232 g/mol. The molecular formula is C13H16N2O3. The number of fused-ring (bicyclic) bond motifs is 1. The molecule has 18 heavy (non-hydrogen) atoms. The Morgan fingerprint density at radius 2 is 2.33 bits per heavy atom. The summed E-state index contributed by atoms with van der Waals surface area (Å²) in [5, 5.41) is 9.20. The van der Waals surface area contributed by atoms with Crippen LogP contribution < -0.4 is 0 Å². The van der Waals surface area contributed by atoms with Crippen LogP contribution in [-0.4, -0.2) is 34.3 Å². The molecule has 0 aliphatic heterocycles. The zero-order valence-electron chi connectivity index (χ0n) is 10.5. The second-order valence-corrected chi connectivity index (χ2v) is 4.44. The number of ether oxygens (including phenoxy) is 1. The van der Waals surface area contributed by atoms with Crippen LogP contribution in [0.15, 0.2) is 24.5 Å². The molecule has 1 unspecified atom stereocenters. The summed E-state index contributed by atoms with van der Waals surface area (Å²) < 4.78 is 6.97. The van der Waals surface area contributed by atoms with E-state index in [1.54, 1.807) is 25.6 Å². The van der Waals surface area contributed by atoms with Crippen molar-refractivity contribution in [3.8, 4) is 0 Å². The van der Waals surface area contributed by atoms with Gasteiger partial charge in [-0.25, -0.2) is 9.78 Å². The first-order valence-electron chi connectivity index (χ1n) is 5.79. The van der Waals surface area contributed by atoms with E-state index in [0.717, 1.165) is 0 Å². The van der Waals surface area contributed by atoms with Gasteiger partial charge in [-0.15, -0.1) is 0 Å². The molecule has 5 nitrogen and oxygen atoms in total. The van der Waals surface area contributed by atoms with E-state index in [-0.39, 0.29) is 5.56 Å². The van der Waals surface area contributed by atoms with E-state index in [0.29, 0.717) is 30.1 Å². The number of carboxylic acid groups (broad SMARTS) is 1. The summed E-state index contributed by atoms with van der Waals surface area (Å²) in [6, 6.07) is 5.13. The third-order valence-electron chi connectivity index (χ3n) is 2.83. The lowest BCUT2D eigenvalue weighted by molar-refractivity contribution is 0.0698. The molecule has 0 aliphatic carbocycles. The Bertz CT molecular complexity index is 562. The van der Waals surface area contributed by atoms with Crippen molar-refractivity contribution in [1.82, 2.24) is 9.55 Å². The summed E-state index contributed by atoms with van der Waals surface area (Å²) in [6.07, 6.45) is 1.68. The van der Waals surface area contributed by atoms with Gasteiger partial charge in [0.2, 0.25) is 0 Å². The third kappa shape index (κ3) is 2.36. The molecule has 2 aromatic rings. The smallest absolute Gasteiger partial charge is 0.337 e.